The quantitative estimate of drug-likeness (QED) is 0.558. The van der Waals surface area contributed by atoms with Gasteiger partial charge in [-0.15, -0.1) is 0 Å². The molecule has 15 heavy (non-hydrogen) atoms. The minimum atomic E-state index is -0.509. The number of nitrogens with zero attached hydrogens (tertiary/aromatic N) is 2. The first kappa shape index (κ1) is 11.3. The van der Waals surface area contributed by atoms with E-state index in [0.29, 0.717) is 12.1 Å². The van der Waals surface area contributed by atoms with Crippen LogP contribution in [0.4, 0.5) is 5.69 Å². The predicted molar refractivity (Wildman–Crippen MR) is 54.6 cm³/mol. The highest BCUT2D eigenvalue weighted by Gasteiger charge is 2.17. The molecule has 1 rings (SSSR count). The molecule has 0 aliphatic carbocycles. The van der Waals surface area contributed by atoms with Gasteiger partial charge in [0.25, 0.3) is 5.69 Å². The summed E-state index contributed by atoms with van der Waals surface area (Å²) in [7, 11) is 0. The average molecular weight is 208 g/mol. The first-order valence-corrected chi connectivity index (χ1v) is 4.67. The summed E-state index contributed by atoms with van der Waals surface area (Å²) >= 11 is 0. The van der Waals surface area contributed by atoms with E-state index in [0.717, 1.165) is 0 Å². The fraction of sp³-hybridized carbons (Fsp3) is 0.400. The van der Waals surface area contributed by atoms with Gasteiger partial charge >= 0.3 is 0 Å². The molecule has 0 bridgehead atoms. The van der Waals surface area contributed by atoms with E-state index in [-0.39, 0.29) is 23.6 Å². The zero-order valence-electron chi connectivity index (χ0n) is 8.69. The predicted octanol–water partition coefficient (Wildman–Crippen LogP) is 1.82. The molecule has 0 aliphatic heterocycles. The molecule has 0 aromatic carbocycles. The topological polar surface area (TPSA) is 73.1 Å². The molecule has 0 aliphatic rings. The number of hydrogen-bond donors (Lipinski definition) is 0. The zero-order valence-corrected chi connectivity index (χ0v) is 8.69. The Morgan fingerprint density at radius 1 is 1.53 bits per heavy atom. The summed E-state index contributed by atoms with van der Waals surface area (Å²) in [6.07, 6.45) is 0.404. The lowest BCUT2D eigenvalue weighted by atomic mass is 10.1. The van der Waals surface area contributed by atoms with Crippen LogP contribution in [0.5, 0.6) is 0 Å². The Labute approximate surface area is 87.3 Å². The monoisotopic (exact) mass is 208 g/mol. The van der Waals surface area contributed by atoms with Crippen LogP contribution in [-0.2, 0) is 11.2 Å². The summed E-state index contributed by atoms with van der Waals surface area (Å²) < 4.78 is 0. The van der Waals surface area contributed by atoms with Gasteiger partial charge in [0, 0.05) is 18.2 Å². The first-order valence-electron chi connectivity index (χ1n) is 4.67. The third kappa shape index (κ3) is 2.83. The standard InChI is InChI=1S/C10H12N2O3/c1-3-8(13)6-9-10(12(14)15)5-4-7(2)11-9/h4-5H,3,6H2,1-2H3. The summed E-state index contributed by atoms with van der Waals surface area (Å²) in [6, 6.07) is 2.96. The lowest BCUT2D eigenvalue weighted by Gasteiger charge is -2.01. The molecule has 1 heterocycles. The van der Waals surface area contributed by atoms with Crippen molar-refractivity contribution in [2.75, 3.05) is 0 Å². The number of hydrogen-bond acceptors (Lipinski definition) is 4. The van der Waals surface area contributed by atoms with Crippen LogP contribution >= 0.6 is 0 Å². The summed E-state index contributed by atoms with van der Waals surface area (Å²) in [5.74, 6) is -0.0452. The van der Waals surface area contributed by atoms with E-state index in [1.807, 2.05) is 0 Å². The highest BCUT2D eigenvalue weighted by Crippen LogP contribution is 2.17. The number of ketones is 1. The maximum Gasteiger partial charge on any atom is 0.291 e. The van der Waals surface area contributed by atoms with Crippen molar-refractivity contribution in [3.05, 3.63) is 33.6 Å². The smallest absolute Gasteiger partial charge is 0.291 e. The van der Waals surface area contributed by atoms with Crippen LogP contribution in [-0.4, -0.2) is 15.7 Å². The number of pyridine rings is 1. The van der Waals surface area contributed by atoms with Gasteiger partial charge in [-0.25, -0.2) is 0 Å². The van der Waals surface area contributed by atoms with Crippen LogP contribution in [0.15, 0.2) is 12.1 Å². The van der Waals surface area contributed by atoms with Gasteiger partial charge in [-0.2, -0.15) is 0 Å². The molecule has 1 aromatic heterocycles. The highest BCUT2D eigenvalue weighted by atomic mass is 16.6. The van der Waals surface area contributed by atoms with Crippen molar-refractivity contribution < 1.29 is 9.72 Å². The fourth-order valence-electron chi connectivity index (χ4n) is 1.21. The first-order chi connectivity index (χ1) is 7.04. The van der Waals surface area contributed by atoms with Crippen molar-refractivity contribution in [2.45, 2.75) is 26.7 Å². The van der Waals surface area contributed by atoms with E-state index in [2.05, 4.69) is 4.98 Å². The third-order valence-corrected chi connectivity index (χ3v) is 2.05. The number of aryl methyl sites for hydroxylation is 1. The Balaban J connectivity index is 3.07. The largest absolute Gasteiger partial charge is 0.299 e. The van der Waals surface area contributed by atoms with Crippen LogP contribution in [0, 0.1) is 17.0 Å². The SMILES string of the molecule is CCC(=O)Cc1nc(C)ccc1[N+](=O)[O-]. The summed E-state index contributed by atoms with van der Waals surface area (Å²) in [5, 5.41) is 10.7. The van der Waals surface area contributed by atoms with Crippen molar-refractivity contribution in [3.63, 3.8) is 0 Å². The van der Waals surface area contributed by atoms with Gasteiger partial charge in [0.2, 0.25) is 0 Å². The van der Waals surface area contributed by atoms with E-state index in [1.54, 1.807) is 19.9 Å². The van der Waals surface area contributed by atoms with Crippen molar-refractivity contribution in [1.82, 2.24) is 4.98 Å². The Hall–Kier alpha value is -1.78. The van der Waals surface area contributed by atoms with Crippen LogP contribution in [0.2, 0.25) is 0 Å². The minimum absolute atomic E-state index is 0.0362. The van der Waals surface area contributed by atoms with Gasteiger partial charge in [0.15, 0.2) is 0 Å². The number of carbonyl (C=O) groups excluding carboxylic acids is 1. The van der Waals surface area contributed by atoms with Crippen LogP contribution in [0.3, 0.4) is 0 Å². The molecular formula is C10H12N2O3. The number of aromatic nitrogens is 1. The molecule has 0 fully saturated rings. The molecule has 0 saturated carbocycles. The van der Waals surface area contributed by atoms with Gasteiger partial charge in [-0.05, 0) is 13.0 Å². The Morgan fingerprint density at radius 2 is 2.20 bits per heavy atom. The molecule has 5 nitrogen and oxygen atoms in total. The summed E-state index contributed by atoms with van der Waals surface area (Å²) in [6.45, 7) is 3.47. The maximum absolute atomic E-state index is 11.2. The van der Waals surface area contributed by atoms with Gasteiger partial charge in [-0.1, -0.05) is 6.92 Å². The van der Waals surface area contributed by atoms with Gasteiger partial charge in [0.05, 0.1) is 11.3 Å². The molecule has 0 amide bonds. The molecule has 0 radical (unpaired) electrons. The van der Waals surface area contributed by atoms with Crippen molar-refractivity contribution >= 4 is 11.5 Å². The van der Waals surface area contributed by atoms with Crippen LogP contribution in [0.1, 0.15) is 24.7 Å². The Kier molecular flexibility index (Phi) is 3.49. The van der Waals surface area contributed by atoms with Crippen molar-refractivity contribution in [3.8, 4) is 0 Å². The molecule has 0 N–H and O–H groups in total. The molecule has 80 valence electrons. The molecule has 0 spiro atoms. The van der Waals surface area contributed by atoms with E-state index in [4.69, 9.17) is 0 Å². The van der Waals surface area contributed by atoms with Crippen molar-refractivity contribution in [1.29, 1.82) is 0 Å². The average Bonchev–Trinajstić information content (AvgIpc) is 2.17. The maximum atomic E-state index is 11.2. The third-order valence-electron chi connectivity index (χ3n) is 2.05. The Bertz CT molecular complexity index is 402. The van der Waals surface area contributed by atoms with Crippen molar-refractivity contribution in [2.24, 2.45) is 0 Å². The molecule has 0 unspecified atom stereocenters. The minimum Gasteiger partial charge on any atom is -0.299 e. The van der Waals surface area contributed by atoms with Gasteiger partial charge < -0.3 is 0 Å². The molecule has 0 saturated heterocycles. The molecule has 5 heteroatoms. The number of carbonyl (C=O) groups is 1. The van der Waals surface area contributed by atoms with Gasteiger partial charge in [-0.3, -0.25) is 19.9 Å². The normalized spacial score (nSPS) is 10.0. The second kappa shape index (κ2) is 4.63. The van der Waals surface area contributed by atoms with Gasteiger partial charge in [0.1, 0.15) is 11.5 Å². The lowest BCUT2D eigenvalue weighted by Crippen LogP contribution is -2.06. The summed E-state index contributed by atoms with van der Waals surface area (Å²) in [4.78, 5) is 25.4. The second-order valence-electron chi connectivity index (χ2n) is 3.24. The highest BCUT2D eigenvalue weighted by molar-refractivity contribution is 5.81. The van der Waals surface area contributed by atoms with E-state index >= 15 is 0 Å². The molecule has 1 aromatic rings. The van der Waals surface area contributed by atoms with E-state index in [9.17, 15) is 14.9 Å². The number of Topliss-reactive ketones (excluding diaryl/α,β-unsaturated/α-hetero) is 1. The number of nitro groups is 1. The number of rotatable bonds is 4. The fourth-order valence-corrected chi connectivity index (χ4v) is 1.21. The zero-order chi connectivity index (χ0) is 11.4. The summed E-state index contributed by atoms with van der Waals surface area (Å²) in [5.41, 5.74) is 0.855. The van der Waals surface area contributed by atoms with Crippen LogP contribution < -0.4 is 0 Å². The van der Waals surface area contributed by atoms with E-state index in [1.165, 1.54) is 6.07 Å². The second-order valence-corrected chi connectivity index (χ2v) is 3.24. The molecular weight excluding hydrogens is 196 g/mol. The molecule has 0 atom stereocenters. The lowest BCUT2D eigenvalue weighted by molar-refractivity contribution is -0.385. The Morgan fingerprint density at radius 3 is 2.73 bits per heavy atom. The van der Waals surface area contributed by atoms with Crippen LogP contribution in [0.25, 0.3) is 0 Å². The van der Waals surface area contributed by atoms with E-state index < -0.39 is 4.92 Å².